The van der Waals surface area contributed by atoms with E-state index in [9.17, 15) is 31.2 Å². The molecule has 1 aliphatic rings. The molecule has 0 aliphatic carbocycles. The predicted molar refractivity (Wildman–Crippen MR) is 116 cm³/mol. The number of hydrogen-bond acceptors (Lipinski definition) is 5. The topological polar surface area (TPSA) is 96.0 Å². The van der Waals surface area contributed by atoms with E-state index in [2.05, 4.69) is 10.1 Å². The highest BCUT2D eigenvalue weighted by Gasteiger charge is 2.33. The lowest BCUT2D eigenvalue weighted by Gasteiger charge is -2.22. The number of rotatable bonds is 6. The second kappa shape index (κ2) is 8.93. The molecule has 1 N–H and O–H groups in total. The lowest BCUT2D eigenvalue weighted by atomic mass is 10.1. The molecule has 0 saturated carbocycles. The van der Waals surface area contributed by atoms with Gasteiger partial charge in [-0.25, -0.2) is 8.42 Å². The van der Waals surface area contributed by atoms with Gasteiger partial charge in [0.25, 0.3) is 5.91 Å². The zero-order valence-electron chi connectivity index (χ0n) is 18.0. The monoisotopic (exact) mass is 485 g/mol. The smallest absolute Gasteiger partial charge is 0.406 e. The number of sulfonamides is 1. The van der Waals surface area contributed by atoms with Gasteiger partial charge in [0.2, 0.25) is 15.9 Å². The first-order valence-corrected chi connectivity index (χ1v) is 11.6. The molecule has 0 unspecified atom stereocenters. The van der Waals surface area contributed by atoms with E-state index in [0.29, 0.717) is 17.7 Å². The number of amides is 2. The van der Waals surface area contributed by atoms with Crippen LogP contribution < -0.4 is 14.4 Å². The average Bonchev–Trinajstić information content (AvgIpc) is 3.02. The van der Waals surface area contributed by atoms with Crippen LogP contribution in [-0.4, -0.2) is 57.4 Å². The minimum Gasteiger partial charge on any atom is -0.406 e. The van der Waals surface area contributed by atoms with Crippen LogP contribution in [0.2, 0.25) is 0 Å². The number of anilines is 2. The van der Waals surface area contributed by atoms with Crippen molar-refractivity contribution >= 4 is 33.2 Å². The molecule has 0 spiro atoms. The van der Waals surface area contributed by atoms with Crippen LogP contribution in [0.5, 0.6) is 5.75 Å². The van der Waals surface area contributed by atoms with Crippen LogP contribution in [0.25, 0.3) is 0 Å². The van der Waals surface area contributed by atoms with Gasteiger partial charge in [-0.2, -0.15) is 0 Å². The molecule has 3 rings (SSSR count). The minimum absolute atomic E-state index is 0.239. The van der Waals surface area contributed by atoms with Crippen LogP contribution in [0.1, 0.15) is 22.8 Å². The fourth-order valence-corrected chi connectivity index (χ4v) is 4.95. The number of carbonyl (C=O) groups excluding carboxylic acids is 2. The summed E-state index contributed by atoms with van der Waals surface area (Å²) in [4.78, 5) is 26.2. The summed E-state index contributed by atoms with van der Waals surface area (Å²) in [6.07, 6.45) is -3.23. The van der Waals surface area contributed by atoms with E-state index in [1.165, 1.54) is 34.5 Å². The van der Waals surface area contributed by atoms with Crippen LogP contribution in [-0.2, 0) is 21.2 Å². The summed E-state index contributed by atoms with van der Waals surface area (Å²) in [5.74, 6) is -1.41. The van der Waals surface area contributed by atoms with Crippen LogP contribution in [0.15, 0.2) is 42.5 Å². The van der Waals surface area contributed by atoms with Gasteiger partial charge >= 0.3 is 6.36 Å². The Bertz CT molecular complexity index is 1170. The molecule has 1 heterocycles. The van der Waals surface area contributed by atoms with Crippen LogP contribution in [0.3, 0.4) is 0 Å². The van der Waals surface area contributed by atoms with Gasteiger partial charge in [-0.3, -0.25) is 13.9 Å². The molecule has 2 aromatic carbocycles. The molecule has 1 aliphatic heterocycles. The highest BCUT2D eigenvalue weighted by atomic mass is 32.2. The van der Waals surface area contributed by atoms with Gasteiger partial charge in [-0.15, -0.1) is 13.2 Å². The Morgan fingerprint density at radius 2 is 1.82 bits per heavy atom. The fourth-order valence-electron chi connectivity index (χ4n) is 3.69. The Kier molecular flexibility index (Phi) is 6.59. The Balaban J connectivity index is 1.63. The molecule has 2 amide bonds. The van der Waals surface area contributed by atoms with Gasteiger partial charge < -0.3 is 15.0 Å². The highest BCUT2D eigenvalue weighted by Crippen LogP contribution is 2.35. The number of alkyl halides is 3. The lowest BCUT2D eigenvalue weighted by molar-refractivity contribution is -0.274. The quantitative estimate of drug-likeness (QED) is 0.679. The van der Waals surface area contributed by atoms with Gasteiger partial charge in [-0.05, 0) is 61.4 Å². The molecule has 0 aromatic heterocycles. The molecule has 0 radical (unpaired) electrons. The molecular formula is C21H22F3N3O5S. The number of likely N-dealkylation sites (N-methyl/N-ethyl adjacent to an activating group) is 1. The van der Waals surface area contributed by atoms with Gasteiger partial charge in [0.15, 0.2) is 0 Å². The Morgan fingerprint density at radius 3 is 2.39 bits per heavy atom. The van der Waals surface area contributed by atoms with Gasteiger partial charge in [0.1, 0.15) is 5.75 Å². The maximum atomic E-state index is 12.8. The summed E-state index contributed by atoms with van der Waals surface area (Å²) in [7, 11) is -2.02. The third-order valence-electron chi connectivity index (χ3n) is 4.94. The minimum atomic E-state index is -4.81. The van der Waals surface area contributed by atoms with Gasteiger partial charge in [0, 0.05) is 24.3 Å². The van der Waals surface area contributed by atoms with Crippen molar-refractivity contribution in [1.82, 2.24) is 4.90 Å². The van der Waals surface area contributed by atoms with Crippen molar-refractivity contribution in [2.75, 3.05) is 29.5 Å². The molecular weight excluding hydrogens is 463 g/mol. The number of hydrogen-bond donors (Lipinski definition) is 1. The summed E-state index contributed by atoms with van der Waals surface area (Å²) in [5.41, 5.74) is 1.79. The zero-order chi connectivity index (χ0) is 24.6. The average molecular weight is 485 g/mol. The largest absolute Gasteiger partial charge is 0.573 e. The first-order valence-electron chi connectivity index (χ1n) is 9.78. The van der Waals surface area contributed by atoms with E-state index in [4.69, 9.17) is 0 Å². The van der Waals surface area contributed by atoms with Gasteiger partial charge in [-0.1, -0.05) is 0 Å². The summed E-state index contributed by atoms with van der Waals surface area (Å²) < 4.78 is 65.8. The molecule has 0 bridgehead atoms. The first kappa shape index (κ1) is 24.4. The van der Waals surface area contributed by atoms with E-state index in [0.717, 1.165) is 24.0 Å². The predicted octanol–water partition coefficient (Wildman–Crippen LogP) is 3.01. The molecule has 12 heteroatoms. The van der Waals surface area contributed by atoms with Crippen LogP contribution >= 0.6 is 0 Å². The van der Waals surface area contributed by atoms with E-state index in [1.807, 2.05) is 0 Å². The Morgan fingerprint density at radius 1 is 1.18 bits per heavy atom. The maximum Gasteiger partial charge on any atom is 0.573 e. The summed E-state index contributed by atoms with van der Waals surface area (Å²) in [6, 6.07) is 9.04. The van der Waals surface area contributed by atoms with Crippen molar-refractivity contribution in [3.63, 3.8) is 0 Å². The first-order chi connectivity index (χ1) is 15.2. The highest BCUT2D eigenvalue weighted by molar-refractivity contribution is 7.92. The van der Waals surface area contributed by atoms with E-state index in [1.54, 1.807) is 19.1 Å². The number of carbonyl (C=O) groups is 2. The second-order valence-corrected chi connectivity index (χ2v) is 9.60. The van der Waals surface area contributed by atoms with E-state index >= 15 is 0 Å². The zero-order valence-corrected chi connectivity index (χ0v) is 18.8. The SMILES string of the molecule is C[C@@H]1Cc2cc(C(=O)N(C)CC(=O)Nc3ccc(OC(F)(F)F)cc3)ccc2N1S(C)(=O)=O. The summed E-state index contributed by atoms with van der Waals surface area (Å²) >= 11 is 0. The number of nitrogens with one attached hydrogen (secondary N) is 1. The second-order valence-electron chi connectivity index (χ2n) is 7.74. The summed E-state index contributed by atoms with van der Waals surface area (Å²) in [5, 5.41) is 2.50. The van der Waals surface area contributed by atoms with E-state index < -0.39 is 33.9 Å². The Hall–Kier alpha value is -3.28. The fraction of sp³-hybridized carbons (Fsp3) is 0.333. The van der Waals surface area contributed by atoms with Gasteiger partial charge in [0.05, 0.1) is 18.5 Å². The molecule has 8 nitrogen and oxygen atoms in total. The normalized spacial score (nSPS) is 15.7. The molecule has 33 heavy (non-hydrogen) atoms. The number of halogens is 3. The third kappa shape index (κ3) is 5.95. The molecule has 0 saturated heterocycles. The van der Waals surface area contributed by atoms with Crippen molar-refractivity contribution in [1.29, 1.82) is 0 Å². The van der Waals surface area contributed by atoms with Crippen molar-refractivity contribution in [2.24, 2.45) is 0 Å². The standard InChI is InChI=1S/C21H22F3N3O5S/c1-13-10-15-11-14(4-9-18(15)27(13)33(3,30)31)20(29)26(2)12-19(28)25-16-5-7-17(8-6-16)32-21(22,23)24/h4-9,11,13H,10,12H2,1-3H3,(H,25,28)/t13-/m1/s1. The lowest BCUT2D eigenvalue weighted by Crippen LogP contribution is -2.35. The maximum absolute atomic E-state index is 12.8. The Labute approximate surface area is 189 Å². The van der Waals surface area contributed by atoms with Crippen molar-refractivity contribution in [3.8, 4) is 5.75 Å². The molecule has 178 valence electrons. The van der Waals surface area contributed by atoms with E-state index in [-0.39, 0.29) is 18.3 Å². The number of nitrogens with zero attached hydrogens (tertiary/aromatic N) is 2. The molecule has 1 atom stereocenters. The third-order valence-corrected chi connectivity index (χ3v) is 6.21. The summed E-state index contributed by atoms with van der Waals surface area (Å²) in [6.45, 7) is 1.48. The van der Waals surface area contributed by atoms with Crippen molar-refractivity contribution in [3.05, 3.63) is 53.6 Å². The van der Waals surface area contributed by atoms with Crippen LogP contribution in [0, 0.1) is 0 Å². The van der Waals surface area contributed by atoms with Crippen molar-refractivity contribution in [2.45, 2.75) is 25.7 Å². The number of ether oxygens (including phenoxy) is 1. The van der Waals surface area contributed by atoms with Crippen molar-refractivity contribution < 1.29 is 35.9 Å². The number of fused-ring (bicyclic) bond motifs is 1. The molecule has 0 fully saturated rings. The number of benzene rings is 2. The van der Waals surface area contributed by atoms with Crippen LogP contribution in [0.4, 0.5) is 24.5 Å². The molecule has 2 aromatic rings.